The minimum Gasteiger partial charge on any atom is -0.497 e. The van der Waals surface area contributed by atoms with Gasteiger partial charge in [0, 0.05) is 45.1 Å². The van der Waals surface area contributed by atoms with E-state index in [1.54, 1.807) is 34.8 Å². The molecule has 1 aromatic heterocycles. The normalized spacial score (nSPS) is 21.2. The molecule has 3 atom stereocenters. The van der Waals surface area contributed by atoms with Gasteiger partial charge in [0.15, 0.2) is 0 Å². The maximum Gasteiger partial charge on any atom is 0.243 e. The van der Waals surface area contributed by atoms with E-state index in [4.69, 9.17) is 9.47 Å². The minimum absolute atomic E-state index is 0.0599. The van der Waals surface area contributed by atoms with Crippen LogP contribution in [0.15, 0.2) is 35.4 Å². The zero-order valence-electron chi connectivity index (χ0n) is 20.7. The average molecular weight is 510 g/mol. The van der Waals surface area contributed by atoms with Gasteiger partial charge in [0.2, 0.25) is 15.9 Å². The first kappa shape index (κ1) is 27.1. The van der Waals surface area contributed by atoms with Crippen LogP contribution in [0.3, 0.4) is 0 Å². The number of carbonyl (C=O) groups is 1. The number of nitrogens with zero attached hydrogens (tertiary/aromatic N) is 5. The number of rotatable bonds is 7. The van der Waals surface area contributed by atoms with Crippen LogP contribution in [0.1, 0.15) is 32.4 Å². The molecule has 1 N–H and O–H groups in total. The third kappa shape index (κ3) is 6.78. The molecule has 0 unspecified atom stereocenters. The quantitative estimate of drug-likeness (QED) is 0.589. The number of aliphatic hydroxyl groups is 1. The second kappa shape index (κ2) is 11.9. The molecule has 1 aromatic carbocycles. The van der Waals surface area contributed by atoms with E-state index in [0.717, 1.165) is 0 Å². The summed E-state index contributed by atoms with van der Waals surface area (Å²) in [5.74, 6) is 0.141. The standard InChI is InChI=1S/C23H35N5O6S/c1-17-12-28(18(2)15-29)23(30)9-6-10-27-13-19(24-25-27)16-34-22(17)14-26(3)35(31,32)21-8-5-7-20(11-21)33-4/h5,7-8,11,13,17-18,22,29H,6,9-10,12,14-16H2,1-4H3/t17-,18-,22+/m0/s1. The minimum atomic E-state index is -3.82. The second-order valence-corrected chi connectivity index (χ2v) is 11.0. The molecule has 1 amide bonds. The molecule has 194 valence electrons. The lowest BCUT2D eigenvalue weighted by atomic mass is 10.0. The second-order valence-electron chi connectivity index (χ2n) is 8.95. The van der Waals surface area contributed by atoms with Crippen LogP contribution in [0.4, 0.5) is 0 Å². The number of aryl methyl sites for hydroxylation is 1. The van der Waals surface area contributed by atoms with Gasteiger partial charge in [0.1, 0.15) is 11.4 Å². The van der Waals surface area contributed by atoms with Crippen molar-refractivity contribution in [3.05, 3.63) is 36.2 Å². The molecule has 0 aliphatic carbocycles. The van der Waals surface area contributed by atoms with Crippen LogP contribution >= 0.6 is 0 Å². The Labute approximate surface area is 206 Å². The largest absolute Gasteiger partial charge is 0.497 e. The van der Waals surface area contributed by atoms with Crippen molar-refractivity contribution in [3.63, 3.8) is 0 Å². The summed E-state index contributed by atoms with van der Waals surface area (Å²) in [6.07, 6.45) is 2.13. The number of aromatic nitrogens is 3. The summed E-state index contributed by atoms with van der Waals surface area (Å²) in [7, 11) is -0.836. The van der Waals surface area contributed by atoms with Crippen LogP contribution in [0.25, 0.3) is 0 Å². The summed E-state index contributed by atoms with van der Waals surface area (Å²) in [4.78, 5) is 14.7. The van der Waals surface area contributed by atoms with E-state index < -0.39 is 16.1 Å². The highest BCUT2D eigenvalue weighted by molar-refractivity contribution is 7.89. The van der Waals surface area contributed by atoms with Crippen LogP contribution in [0.5, 0.6) is 5.75 Å². The first-order chi connectivity index (χ1) is 16.6. The Kier molecular flexibility index (Phi) is 9.22. The van der Waals surface area contributed by atoms with Crippen LogP contribution in [-0.4, -0.2) is 89.6 Å². The van der Waals surface area contributed by atoms with Crippen molar-refractivity contribution in [1.29, 1.82) is 0 Å². The molecule has 1 aliphatic rings. The number of methoxy groups -OCH3 is 1. The number of fused-ring (bicyclic) bond motifs is 2. The molecule has 0 fully saturated rings. The fourth-order valence-corrected chi connectivity index (χ4v) is 5.20. The molecular formula is C23H35N5O6S. The molecule has 0 saturated heterocycles. The summed E-state index contributed by atoms with van der Waals surface area (Å²) in [6.45, 7) is 4.62. The Morgan fingerprint density at radius 3 is 2.86 bits per heavy atom. The third-order valence-corrected chi connectivity index (χ3v) is 8.05. The smallest absolute Gasteiger partial charge is 0.243 e. The van der Waals surface area contributed by atoms with Crippen molar-refractivity contribution in [2.75, 3.05) is 33.9 Å². The molecule has 35 heavy (non-hydrogen) atoms. The van der Waals surface area contributed by atoms with Gasteiger partial charge in [-0.05, 0) is 25.5 Å². The number of benzene rings is 1. The SMILES string of the molecule is COc1cccc(S(=O)(=O)N(C)C[C@H]2OCc3cn(nn3)CCCC(=O)N([C@@H](C)CO)C[C@@H]2C)c1. The van der Waals surface area contributed by atoms with E-state index >= 15 is 0 Å². The fraction of sp³-hybridized carbons (Fsp3) is 0.609. The molecule has 2 heterocycles. The van der Waals surface area contributed by atoms with Gasteiger partial charge < -0.3 is 19.5 Å². The average Bonchev–Trinajstić information content (AvgIpc) is 3.31. The Morgan fingerprint density at radius 1 is 1.37 bits per heavy atom. The highest BCUT2D eigenvalue weighted by atomic mass is 32.2. The van der Waals surface area contributed by atoms with Crippen molar-refractivity contribution in [2.45, 2.75) is 56.9 Å². The van der Waals surface area contributed by atoms with Crippen molar-refractivity contribution in [3.8, 4) is 5.75 Å². The molecule has 1 aliphatic heterocycles. The number of amides is 1. The van der Waals surface area contributed by atoms with Crippen molar-refractivity contribution in [1.82, 2.24) is 24.2 Å². The summed E-state index contributed by atoms with van der Waals surface area (Å²) in [5, 5.41) is 17.9. The van der Waals surface area contributed by atoms with Crippen LogP contribution in [0, 0.1) is 5.92 Å². The molecule has 0 radical (unpaired) electrons. The summed E-state index contributed by atoms with van der Waals surface area (Å²) in [5.41, 5.74) is 0.631. The third-order valence-electron chi connectivity index (χ3n) is 6.23. The predicted octanol–water partition coefficient (Wildman–Crippen LogP) is 1.13. The van der Waals surface area contributed by atoms with Gasteiger partial charge in [0.05, 0.1) is 43.6 Å². The molecule has 11 nitrogen and oxygen atoms in total. The Hall–Kier alpha value is -2.54. The van der Waals surface area contributed by atoms with E-state index in [0.29, 0.717) is 37.4 Å². The fourth-order valence-electron chi connectivity index (χ4n) is 3.99. The van der Waals surface area contributed by atoms with Gasteiger partial charge in [-0.3, -0.25) is 9.48 Å². The topological polar surface area (TPSA) is 127 Å². The van der Waals surface area contributed by atoms with Gasteiger partial charge in [-0.2, -0.15) is 4.31 Å². The maximum absolute atomic E-state index is 13.3. The predicted molar refractivity (Wildman–Crippen MR) is 128 cm³/mol. The number of hydrogen-bond acceptors (Lipinski definition) is 8. The van der Waals surface area contributed by atoms with E-state index in [2.05, 4.69) is 10.3 Å². The van der Waals surface area contributed by atoms with Gasteiger partial charge in [-0.1, -0.05) is 18.2 Å². The Bertz CT molecular complexity index is 1090. The van der Waals surface area contributed by atoms with E-state index in [-0.39, 0.29) is 42.5 Å². The molecule has 2 bridgehead atoms. The summed E-state index contributed by atoms with van der Waals surface area (Å²) < 4.78 is 40.8. The van der Waals surface area contributed by atoms with Gasteiger partial charge in [0.25, 0.3) is 0 Å². The number of carbonyl (C=O) groups excluding carboxylic acids is 1. The van der Waals surface area contributed by atoms with E-state index in [1.165, 1.54) is 30.6 Å². The van der Waals surface area contributed by atoms with E-state index in [1.807, 2.05) is 6.92 Å². The zero-order valence-corrected chi connectivity index (χ0v) is 21.5. The van der Waals surface area contributed by atoms with Crippen molar-refractivity contribution >= 4 is 15.9 Å². The number of sulfonamides is 1. The van der Waals surface area contributed by atoms with Crippen molar-refractivity contribution in [2.24, 2.45) is 5.92 Å². The molecular weight excluding hydrogens is 474 g/mol. The maximum atomic E-state index is 13.3. The highest BCUT2D eigenvalue weighted by Gasteiger charge is 2.31. The first-order valence-electron chi connectivity index (χ1n) is 11.7. The summed E-state index contributed by atoms with van der Waals surface area (Å²) in [6, 6.07) is 5.93. The van der Waals surface area contributed by atoms with Crippen LogP contribution in [-0.2, 0) is 32.7 Å². The number of aliphatic hydroxyl groups excluding tert-OH is 1. The molecule has 0 saturated carbocycles. The van der Waals surface area contributed by atoms with Crippen molar-refractivity contribution < 1.29 is 27.8 Å². The van der Waals surface area contributed by atoms with Gasteiger partial charge in [-0.15, -0.1) is 5.10 Å². The molecule has 0 spiro atoms. The summed E-state index contributed by atoms with van der Waals surface area (Å²) >= 11 is 0. The van der Waals surface area contributed by atoms with Crippen LogP contribution < -0.4 is 4.74 Å². The number of ether oxygens (including phenoxy) is 2. The zero-order chi connectivity index (χ0) is 25.6. The van der Waals surface area contributed by atoms with Crippen LogP contribution in [0.2, 0.25) is 0 Å². The monoisotopic (exact) mass is 509 g/mol. The lowest BCUT2D eigenvalue weighted by Crippen LogP contribution is -2.47. The molecule has 12 heteroatoms. The Morgan fingerprint density at radius 2 is 2.14 bits per heavy atom. The lowest BCUT2D eigenvalue weighted by molar-refractivity contribution is -0.136. The first-order valence-corrected chi connectivity index (χ1v) is 13.1. The highest BCUT2D eigenvalue weighted by Crippen LogP contribution is 2.23. The molecule has 3 rings (SSSR count). The number of hydrogen-bond donors (Lipinski definition) is 1. The molecule has 2 aromatic rings. The lowest BCUT2D eigenvalue weighted by Gasteiger charge is -2.35. The van der Waals surface area contributed by atoms with E-state index in [9.17, 15) is 18.3 Å². The van der Waals surface area contributed by atoms with Gasteiger partial charge in [-0.25, -0.2) is 8.42 Å². The number of likely N-dealkylation sites (N-methyl/N-ethyl adjacent to an activating group) is 1. The van der Waals surface area contributed by atoms with Gasteiger partial charge >= 0.3 is 0 Å². The Balaban J connectivity index is 1.86.